The first kappa shape index (κ1) is 10.9. The first-order valence-electron chi connectivity index (χ1n) is 4.95. The van der Waals surface area contributed by atoms with Crippen molar-refractivity contribution in [3.63, 3.8) is 0 Å². The molecule has 0 bridgehead atoms. The predicted molar refractivity (Wildman–Crippen MR) is 51.5 cm³/mol. The largest absolute Gasteiger partial charge is 0.332 e. The minimum Gasteiger partial charge on any atom is -0.332 e. The van der Waals surface area contributed by atoms with E-state index in [1.54, 1.807) is 4.90 Å². The summed E-state index contributed by atoms with van der Waals surface area (Å²) < 4.78 is 0. The number of amides is 1. The fourth-order valence-electron chi connectivity index (χ4n) is 2.10. The van der Waals surface area contributed by atoms with Crippen molar-refractivity contribution in [2.75, 3.05) is 6.54 Å². The average Bonchev–Trinajstić information content (AvgIpc) is 2.01. The van der Waals surface area contributed by atoms with Crippen molar-refractivity contribution in [3.05, 3.63) is 10.1 Å². The third-order valence-corrected chi connectivity index (χ3v) is 2.75. The van der Waals surface area contributed by atoms with Crippen molar-refractivity contribution in [3.8, 4) is 0 Å². The summed E-state index contributed by atoms with van der Waals surface area (Å²) in [5, 5.41) is 10.2. The first-order chi connectivity index (χ1) is 6.52. The summed E-state index contributed by atoms with van der Waals surface area (Å²) in [4.78, 5) is 22.8. The van der Waals surface area contributed by atoms with Gasteiger partial charge in [-0.15, -0.1) is 0 Å². The van der Waals surface area contributed by atoms with Crippen LogP contribution in [0, 0.1) is 10.1 Å². The molecule has 0 radical (unpaired) electrons. The highest BCUT2D eigenvalue weighted by Gasteiger charge is 2.30. The Balaban J connectivity index is 2.62. The molecule has 0 aromatic rings. The molecule has 0 spiro atoms. The maximum Gasteiger partial charge on any atom is 0.294 e. The Morgan fingerprint density at radius 1 is 1.43 bits per heavy atom. The van der Waals surface area contributed by atoms with Crippen LogP contribution in [0.15, 0.2) is 0 Å². The highest BCUT2D eigenvalue weighted by atomic mass is 16.6. The zero-order valence-corrected chi connectivity index (χ0v) is 8.60. The SMILES string of the molecule is CC1CCCC(C)N1C(=O)C[N+](=O)[O-]. The predicted octanol–water partition coefficient (Wildman–Crippen LogP) is 1.05. The van der Waals surface area contributed by atoms with Gasteiger partial charge in [-0.05, 0) is 33.1 Å². The molecule has 1 aliphatic rings. The standard InChI is InChI=1S/C9H16N2O3/c1-7-4-3-5-8(2)11(7)9(12)6-10(13)14/h7-8H,3-6H2,1-2H3. The molecule has 14 heavy (non-hydrogen) atoms. The van der Waals surface area contributed by atoms with Crippen LogP contribution in [0.5, 0.6) is 0 Å². The summed E-state index contributed by atoms with van der Waals surface area (Å²) >= 11 is 0. The second-order valence-corrected chi connectivity index (χ2v) is 3.92. The Morgan fingerprint density at radius 2 is 1.93 bits per heavy atom. The number of likely N-dealkylation sites (tertiary alicyclic amines) is 1. The van der Waals surface area contributed by atoms with E-state index in [1.165, 1.54) is 0 Å². The smallest absolute Gasteiger partial charge is 0.294 e. The van der Waals surface area contributed by atoms with Crippen molar-refractivity contribution in [1.29, 1.82) is 0 Å². The minimum absolute atomic E-state index is 0.145. The van der Waals surface area contributed by atoms with Crippen LogP contribution in [0.25, 0.3) is 0 Å². The number of carbonyl (C=O) groups is 1. The molecule has 1 fully saturated rings. The van der Waals surface area contributed by atoms with E-state index in [0.717, 1.165) is 19.3 Å². The summed E-state index contributed by atoms with van der Waals surface area (Å²) in [7, 11) is 0. The third-order valence-electron chi connectivity index (χ3n) is 2.75. The molecule has 0 aliphatic carbocycles. The van der Waals surface area contributed by atoms with Crippen LogP contribution in [0.4, 0.5) is 0 Å². The van der Waals surface area contributed by atoms with Crippen molar-refractivity contribution >= 4 is 5.91 Å². The molecular weight excluding hydrogens is 184 g/mol. The van der Waals surface area contributed by atoms with E-state index in [4.69, 9.17) is 0 Å². The lowest BCUT2D eigenvalue weighted by Crippen LogP contribution is -2.49. The van der Waals surface area contributed by atoms with Gasteiger partial charge in [-0.1, -0.05) is 0 Å². The lowest BCUT2D eigenvalue weighted by Gasteiger charge is -2.38. The van der Waals surface area contributed by atoms with Crippen LogP contribution in [0.2, 0.25) is 0 Å². The van der Waals surface area contributed by atoms with Crippen LogP contribution in [-0.4, -0.2) is 34.4 Å². The molecule has 1 rings (SSSR count). The average molecular weight is 200 g/mol. The van der Waals surface area contributed by atoms with Gasteiger partial charge in [0.1, 0.15) is 0 Å². The van der Waals surface area contributed by atoms with Crippen LogP contribution in [-0.2, 0) is 4.79 Å². The van der Waals surface area contributed by atoms with Gasteiger partial charge in [-0.3, -0.25) is 14.9 Å². The molecule has 80 valence electrons. The quantitative estimate of drug-likeness (QED) is 0.494. The van der Waals surface area contributed by atoms with Crippen molar-refractivity contribution < 1.29 is 9.72 Å². The van der Waals surface area contributed by atoms with E-state index in [0.29, 0.717) is 0 Å². The van der Waals surface area contributed by atoms with E-state index in [1.807, 2.05) is 13.8 Å². The first-order valence-corrected chi connectivity index (χ1v) is 4.95. The summed E-state index contributed by atoms with van der Waals surface area (Å²) in [6.07, 6.45) is 3.01. The monoisotopic (exact) mass is 200 g/mol. The molecule has 2 atom stereocenters. The van der Waals surface area contributed by atoms with Gasteiger partial charge in [-0.25, -0.2) is 0 Å². The van der Waals surface area contributed by atoms with E-state index >= 15 is 0 Å². The lowest BCUT2D eigenvalue weighted by atomic mass is 9.97. The molecule has 1 heterocycles. The van der Waals surface area contributed by atoms with Gasteiger partial charge in [0.25, 0.3) is 12.5 Å². The number of carbonyl (C=O) groups excluding carboxylic acids is 1. The molecule has 1 saturated heterocycles. The van der Waals surface area contributed by atoms with Gasteiger partial charge in [0, 0.05) is 17.0 Å². The fourth-order valence-corrected chi connectivity index (χ4v) is 2.10. The van der Waals surface area contributed by atoms with E-state index in [9.17, 15) is 14.9 Å². The van der Waals surface area contributed by atoms with E-state index in [2.05, 4.69) is 0 Å². The van der Waals surface area contributed by atoms with Gasteiger partial charge in [0.2, 0.25) is 0 Å². The summed E-state index contributed by atoms with van der Waals surface area (Å²) in [6.45, 7) is 3.33. The van der Waals surface area contributed by atoms with Crippen LogP contribution < -0.4 is 0 Å². The highest BCUT2D eigenvalue weighted by Crippen LogP contribution is 2.22. The van der Waals surface area contributed by atoms with Crippen LogP contribution >= 0.6 is 0 Å². The number of hydrogen-bond acceptors (Lipinski definition) is 3. The molecule has 1 aliphatic heterocycles. The summed E-state index contributed by atoms with van der Waals surface area (Å²) in [5.74, 6) is -0.352. The number of nitrogens with zero attached hydrogens (tertiary/aromatic N) is 2. The molecule has 0 N–H and O–H groups in total. The molecule has 1 amide bonds. The molecule has 5 nitrogen and oxygen atoms in total. The Bertz CT molecular complexity index is 232. The maximum absolute atomic E-state index is 11.5. The molecule has 0 aromatic heterocycles. The molecule has 2 unspecified atom stereocenters. The number of rotatable bonds is 2. The second-order valence-electron chi connectivity index (χ2n) is 3.92. The van der Waals surface area contributed by atoms with E-state index in [-0.39, 0.29) is 18.0 Å². The van der Waals surface area contributed by atoms with Crippen molar-refractivity contribution in [2.24, 2.45) is 0 Å². The second kappa shape index (κ2) is 4.39. The normalized spacial score (nSPS) is 27.4. The summed E-state index contributed by atoms with van der Waals surface area (Å²) in [6, 6.07) is 0.289. The van der Waals surface area contributed by atoms with Crippen LogP contribution in [0.3, 0.4) is 0 Å². The van der Waals surface area contributed by atoms with Gasteiger partial charge in [-0.2, -0.15) is 0 Å². The number of nitro groups is 1. The summed E-state index contributed by atoms with van der Waals surface area (Å²) in [5.41, 5.74) is 0. The highest BCUT2D eigenvalue weighted by molar-refractivity contribution is 5.77. The molecule has 5 heteroatoms. The minimum atomic E-state index is -0.575. The Morgan fingerprint density at radius 3 is 2.36 bits per heavy atom. The Hall–Kier alpha value is -1.13. The van der Waals surface area contributed by atoms with Gasteiger partial charge in [0.15, 0.2) is 0 Å². The van der Waals surface area contributed by atoms with Crippen molar-refractivity contribution in [2.45, 2.75) is 45.2 Å². The zero-order chi connectivity index (χ0) is 10.7. The number of hydrogen-bond donors (Lipinski definition) is 0. The van der Waals surface area contributed by atoms with Crippen LogP contribution in [0.1, 0.15) is 33.1 Å². The fraction of sp³-hybridized carbons (Fsp3) is 0.889. The third kappa shape index (κ3) is 2.43. The Kier molecular flexibility index (Phi) is 3.43. The lowest BCUT2D eigenvalue weighted by molar-refractivity contribution is -0.469. The molecule has 0 aromatic carbocycles. The molecule has 0 saturated carbocycles. The topological polar surface area (TPSA) is 63.5 Å². The van der Waals surface area contributed by atoms with Crippen molar-refractivity contribution in [1.82, 2.24) is 4.90 Å². The van der Waals surface area contributed by atoms with E-state index < -0.39 is 11.5 Å². The number of piperidine rings is 1. The molecular formula is C9H16N2O3. The maximum atomic E-state index is 11.5. The van der Waals surface area contributed by atoms with Gasteiger partial charge in [0.05, 0.1) is 0 Å². The van der Waals surface area contributed by atoms with Gasteiger partial charge >= 0.3 is 0 Å². The Labute approximate surface area is 83.2 Å². The van der Waals surface area contributed by atoms with Gasteiger partial charge < -0.3 is 4.90 Å². The zero-order valence-electron chi connectivity index (χ0n) is 8.60.